The summed E-state index contributed by atoms with van der Waals surface area (Å²) in [7, 11) is 0. The van der Waals surface area contributed by atoms with Crippen LogP contribution in [-0.4, -0.2) is 30.4 Å². The standard InChI is InChI=1S/C24H17BrN2O6/c1-2-32-19-12-13(10-17-21(28)26-24(31)27-22(17)29)11-18(25)20(19)33-23(30)16-9-5-7-14-6-3-4-8-15(14)16/h3-12H,2H2,1H3,(H2,26,27,28,29,31). The molecule has 166 valence electrons. The highest BCUT2D eigenvalue weighted by Gasteiger charge is 2.28. The van der Waals surface area contributed by atoms with E-state index in [0.29, 0.717) is 15.6 Å². The van der Waals surface area contributed by atoms with Gasteiger partial charge in [0.25, 0.3) is 11.8 Å². The van der Waals surface area contributed by atoms with E-state index in [1.807, 2.05) is 41.0 Å². The highest BCUT2D eigenvalue weighted by molar-refractivity contribution is 9.10. The average molecular weight is 509 g/mol. The molecule has 0 saturated carbocycles. The third kappa shape index (κ3) is 4.63. The van der Waals surface area contributed by atoms with Crippen LogP contribution >= 0.6 is 15.9 Å². The minimum Gasteiger partial charge on any atom is -0.490 e. The first-order valence-electron chi connectivity index (χ1n) is 9.92. The van der Waals surface area contributed by atoms with Gasteiger partial charge in [0, 0.05) is 0 Å². The molecule has 1 aliphatic heterocycles. The van der Waals surface area contributed by atoms with Gasteiger partial charge in [0.2, 0.25) is 0 Å². The number of urea groups is 1. The predicted octanol–water partition coefficient (Wildman–Crippen LogP) is 3.97. The number of ether oxygens (including phenoxy) is 2. The van der Waals surface area contributed by atoms with Gasteiger partial charge in [-0.15, -0.1) is 0 Å². The molecule has 1 saturated heterocycles. The second-order valence-electron chi connectivity index (χ2n) is 6.97. The maximum atomic E-state index is 13.0. The molecule has 0 unspecified atom stereocenters. The van der Waals surface area contributed by atoms with E-state index in [1.165, 1.54) is 12.1 Å². The van der Waals surface area contributed by atoms with Crippen molar-refractivity contribution in [3.05, 3.63) is 75.8 Å². The monoisotopic (exact) mass is 508 g/mol. The summed E-state index contributed by atoms with van der Waals surface area (Å²) in [6.45, 7) is 2.05. The van der Waals surface area contributed by atoms with Gasteiger partial charge in [-0.1, -0.05) is 36.4 Å². The van der Waals surface area contributed by atoms with Crippen molar-refractivity contribution in [1.82, 2.24) is 10.6 Å². The average Bonchev–Trinajstić information content (AvgIpc) is 2.78. The SMILES string of the molecule is CCOc1cc(C=C2C(=O)NC(=O)NC2=O)cc(Br)c1OC(=O)c1cccc2ccccc12. The number of esters is 1. The fourth-order valence-corrected chi connectivity index (χ4v) is 3.90. The molecule has 0 bridgehead atoms. The van der Waals surface area contributed by atoms with Gasteiger partial charge in [-0.3, -0.25) is 20.2 Å². The Hall–Kier alpha value is -3.98. The molecule has 0 atom stereocenters. The molecular weight excluding hydrogens is 492 g/mol. The van der Waals surface area contributed by atoms with E-state index >= 15 is 0 Å². The number of rotatable bonds is 5. The van der Waals surface area contributed by atoms with E-state index < -0.39 is 23.8 Å². The lowest BCUT2D eigenvalue weighted by atomic mass is 10.0. The van der Waals surface area contributed by atoms with Crippen molar-refractivity contribution in [2.45, 2.75) is 6.92 Å². The molecule has 0 spiro atoms. The Balaban J connectivity index is 1.70. The number of amides is 4. The second-order valence-corrected chi connectivity index (χ2v) is 7.83. The van der Waals surface area contributed by atoms with Crippen LogP contribution in [0.1, 0.15) is 22.8 Å². The minimum absolute atomic E-state index is 0.157. The van der Waals surface area contributed by atoms with Gasteiger partial charge in [0.15, 0.2) is 11.5 Å². The molecule has 1 heterocycles. The largest absolute Gasteiger partial charge is 0.490 e. The fraction of sp³-hybridized carbons (Fsp3) is 0.0833. The van der Waals surface area contributed by atoms with E-state index in [9.17, 15) is 19.2 Å². The highest BCUT2D eigenvalue weighted by atomic mass is 79.9. The zero-order valence-electron chi connectivity index (χ0n) is 17.3. The predicted molar refractivity (Wildman–Crippen MR) is 124 cm³/mol. The Morgan fingerprint density at radius 1 is 1.00 bits per heavy atom. The van der Waals surface area contributed by atoms with Gasteiger partial charge in [-0.05, 0) is 63.5 Å². The van der Waals surface area contributed by atoms with E-state index in [1.54, 1.807) is 25.1 Å². The van der Waals surface area contributed by atoms with Crippen LogP contribution in [0.5, 0.6) is 11.5 Å². The van der Waals surface area contributed by atoms with Crippen molar-refractivity contribution >= 4 is 56.6 Å². The molecular formula is C24H17BrN2O6. The number of imide groups is 2. The molecule has 9 heteroatoms. The Kier molecular flexibility index (Phi) is 6.23. The van der Waals surface area contributed by atoms with E-state index in [4.69, 9.17) is 9.47 Å². The van der Waals surface area contributed by atoms with Crippen LogP contribution in [0.25, 0.3) is 16.8 Å². The minimum atomic E-state index is -0.881. The number of carbonyl (C=O) groups excluding carboxylic acids is 4. The maximum Gasteiger partial charge on any atom is 0.344 e. The number of carbonyl (C=O) groups is 4. The zero-order chi connectivity index (χ0) is 23.5. The molecule has 4 amide bonds. The third-order valence-corrected chi connectivity index (χ3v) is 5.38. The van der Waals surface area contributed by atoms with Gasteiger partial charge >= 0.3 is 12.0 Å². The fourth-order valence-electron chi connectivity index (χ4n) is 3.36. The van der Waals surface area contributed by atoms with Crippen molar-refractivity contribution in [2.75, 3.05) is 6.61 Å². The Bertz CT molecular complexity index is 1320. The summed E-state index contributed by atoms with van der Waals surface area (Å²) in [5.41, 5.74) is 0.572. The number of nitrogens with one attached hydrogen (secondary N) is 2. The third-order valence-electron chi connectivity index (χ3n) is 4.79. The lowest BCUT2D eigenvalue weighted by Crippen LogP contribution is -2.51. The number of halogens is 1. The van der Waals surface area contributed by atoms with Crippen LogP contribution in [0.2, 0.25) is 0 Å². The van der Waals surface area contributed by atoms with E-state index in [0.717, 1.165) is 10.8 Å². The number of hydrogen-bond donors (Lipinski definition) is 2. The Morgan fingerprint density at radius 2 is 1.70 bits per heavy atom. The number of barbiturate groups is 1. The summed E-state index contributed by atoms with van der Waals surface area (Å²) in [5.74, 6) is -1.80. The molecule has 2 N–H and O–H groups in total. The van der Waals surface area contributed by atoms with E-state index in [2.05, 4.69) is 15.9 Å². The molecule has 8 nitrogen and oxygen atoms in total. The van der Waals surface area contributed by atoms with Gasteiger partial charge in [-0.25, -0.2) is 9.59 Å². The molecule has 0 aromatic heterocycles. The van der Waals surface area contributed by atoms with Gasteiger partial charge in [0.1, 0.15) is 5.57 Å². The van der Waals surface area contributed by atoms with Crippen LogP contribution in [0.4, 0.5) is 4.79 Å². The summed E-state index contributed by atoms with van der Waals surface area (Å²) in [6.07, 6.45) is 1.31. The second kappa shape index (κ2) is 9.25. The lowest BCUT2D eigenvalue weighted by Gasteiger charge is -2.16. The molecule has 1 aliphatic rings. The van der Waals surface area contributed by atoms with Crippen molar-refractivity contribution in [3.63, 3.8) is 0 Å². The summed E-state index contributed by atoms with van der Waals surface area (Å²) < 4.78 is 11.7. The first kappa shape index (κ1) is 22.2. The zero-order valence-corrected chi connectivity index (χ0v) is 18.9. The summed E-state index contributed by atoms with van der Waals surface area (Å²) in [6, 6.07) is 15.0. The maximum absolute atomic E-state index is 13.0. The van der Waals surface area contributed by atoms with Crippen molar-refractivity contribution in [1.29, 1.82) is 0 Å². The van der Waals surface area contributed by atoms with Crippen LogP contribution < -0.4 is 20.1 Å². The molecule has 3 aromatic carbocycles. The summed E-state index contributed by atoms with van der Waals surface area (Å²) in [5, 5.41) is 5.69. The van der Waals surface area contributed by atoms with Crippen LogP contribution in [-0.2, 0) is 9.59 Å². The lowest BCUT2D eigenvalue weighted by molar-refractivity contribution is -0.123. The van der Waals surface area contributed by atoms with Crippen molar-refractivity contribution in [2.24, 2.45) is 0 Å². The quantitative estimate of drug-likeness (QED) is 0.233. The van der Waals surface area contributed by atoms with Crippen molar-refractivity contribution < 1.29 is 28.7 Å². The van der Waals surface area contributed by atoms with Crippen molar-refractivity contribution in [3.8, 4) is 11.5 Å². The van der Waals surface area contributed by atoms with Gasteiger partial charge < -0.3 is 9.47 Å². The van der Waals surface area contributed by atoms with Crippen LogP contribution in [0, 0.1) is 0 Å². The summed E-state index contributed by atoms with van der Waals surface area (Å²) >= 11 is 3.38. The smallest absolute Gasteiger partial charge is 0.344 e. The van der Waals surface area contributed by atoms with Gasteiger partial charge in [-0.2, -0.15) is 0 Å². The topological polar surface area (TPSA) is 111 Å². The van der Waals surface area contributed by atoms with E-state index in [-0.39, 0.29) is 23.7 Å². The van der Waals surface area contributed by atoms with Crippen LogP contribution in [0.15, 0.2) is 64.6 Å². The number of fused-ring (bicyclic) bond motifs is 1. The molecule has 4 rings (SSSR count). The Labute approximate surface area is 196 Å². The van der Waals surface area contributed by atoms with Gasteiger partial charge in [0.05, 0.1) is 16.6 Å². The molecule has 3 aromatic rings. The molecule has 0 aliphatic carbocycles. The first-order chi connectivity index (χ1) is 15.9. The Morgan fingerprint density at radius 3 is 2.42 bits per heavy atom. The number of hydrogen-bond acceptors (Lipinski definition) is 6. The molecule has 33 heavy (non-hydrogen) atoms. The number of benzene rings is 3. The van der Waals surface area contributed by atoms with Crippen LogP contribution in [0.3, 0.4) is 0 Å². The molecule has 1 fully saturated rings. The summed E-state index contributed by atoms with van der Waals surface area (Å²) in [4.78, 5) is 48.3. The molecule has 0 radical (unpaired) electrons. The highest BCUT2D eigenvalue weighted by Crippen LogP contribution is 2.38. The normalized spacial score (nSPS) is 13.4. The first-order valence-corrected chi connectivity index (χ1v) is 10.7.